The quantitative estimate of drug-likeness (QED) is 0.686. The average molecular weight is 296 g/mol. The molecule has 0 fully saturated rings. The highest BCUT2D eigenvalue weighted by atomic mass is 16.2. The number of hydrogen-bond donors (Lipinski definition) is 0. The number of aromatic nitrogens is 4. The van der Waals surface area contributed by atoms with Crippen LogP contribution >= 0.6 is 0 Å². The van der Waals surface area contributed by atoms with Crippen LogP contribution in [-0.2, 0) is 13.1 Å². The van der Waals surface area contributed by atoms with Gasteiger partial charge in [0.2, 0.25) is 0 Å². The molecule has 0 unspecified atom stereocenters. The minimum atomic E-state index is -0.412. The van der Waals surface area contributed by atoms with E-state index < -0.39 is 5.69 Å². The number of imidazole rings is 1. The lowest BCUT2D eigenvalue weighted by Gasteiger charge is -2.11. The summed E-state index contributed by atoms with van der Waals surface area (Å²) in [4.78, 5) is 29.6. The van der Waals surface area contributed by atoms with E-state index >= 15 is 0 Å². The van der Waals surface area contributed by atoms with Gasteiger partial charge in [-0.15, -0.1) is 6.58 Å². The molecule has 3 rings (SSSR count). The fourth-order valence-corrected chi connectivity index (χ4v) is 2.52. The van der Waals surface area contributed by atoms with Gasteiger partial charge in [-0.1, -0.05) is 24.3 Å². The van der Waals surface area contributed by atoms with Crippen LogP contribution in [0, 0.1) is 0 Å². The molecule has 0 N–H and O–H groups in total. The van der Waals surface area contributed by atoms with Crippen molar-refractivity contribution >= 4 is 11.2 Å². The summed E-state index contributed by atoms with van der Waals surface area (Å²) in [6, 6.07) is 9.18. The molecule has 6 heteroatoms. The molecule has 2 heterocycles. The van der Waals surface area contributed by atoms with E-state index in [0.29, 0.717) is 23.4 Å². The van der Waals surface area contributed by atoms with Gasteiger partial charge in [0.25, 0.3) is 5.56 Å². The van der Waals surface area contributed by atoms with E-state index in [-0.39, 0.29) is 12.1 Å². The molecule has 0 aliphatic carbocycles. The molecule has 2 aromatic heterocycles. The number of allylic oxidation sites excluding steroid dienone is 1. The lowest BCUT2D eigenvalue weighted by molar-refractivity contribution is 0.687. The van der Waals surface area contributed by atoms with Crippen molar-refractivity contribution in [2.24, 2.45) is 0 Å². The highest BCUT2D eigenvalue weighted by Gasteiger charge is 2.17. The summed E-state index contributed by atoms with van der Waals surface area (Å²) in [6.07, 6.45) is 3.12. The molecule has 0 saturated carbocycles. The van der Waals surface area contributed by atoms with Gasteiger partial charge >= 0.3 is 5.69 Å². The van der Waals surface area contributed by atoms with E-state index in [2.05, 4.69) is 11.6 Å². The third-order valence-corrected chi connectivity index (χ3v) is 3.57. The van der Waals surface area contributed by atoms with Crippen LogP contribution in [0.3, 0.4) is 0 Å². The lowest BCUT2D eigenvalue weighted by Crippen LogP contribution is -2.39. The average Bonchev–Trinajstić information content (AvgIpc) is 2.96. The summed E-state index contributed by atoms with van der Waals surface area (Å²) < 4.78 is 4.39. The van der Waals surface area contributed by atoms with Crippen LogP contribution in [-0.4, -0.2) is 18.7 Å². The zero-order valence-electron chi connectivity index (χ0n) is 12.3. The molecule has 1 aromatic carbocycles. The Morgan fingerprint density at radius 1 is 1.23 bits per heavy atom. The Bertz CT molecular complexity index is 948. The minimum Gasteiger partial charge on any atom is -0.325 e. The van der Waals surface area contributed by atoms with Crippen molar-refractivity contribution in [3.63, 3.8) is 0 Å². The fourth-order valence-electron chi connectivity index (χ4n) is 2.52. The molecule has 3 aromatic rings. The predicted molar refractivity (Wildman–Crippen MR) is 85.5 cm³/mol. The molecule has 6 nitrogen and oxygen atoms in total. The first-order chi connectivity index (χ1) is 10.7. The summed E-state index contributed by atoms with van der Waals surface area (Å²) >= 11 is 0. The number of rotatable bonds is 4. The number of hydrogen-bond acceptors (Lipinski definition) is 3. The van der Waals surface area contributed by atoms with E-state index in [1.165, 1.54) is 15.2 Å². The topological polar surface area (TPSA) is 61.8 Å². The molecule has 0 aliphatic rings. The van der Waals surface area contributed by atoms with Gasteiger partial charge in [-0.2, -0.15) is 0 Å². The van der Waals surface area contributed by atoms with Crippen molar-refractivity contribution in [3.05, 3.63) is 70.2 Å². The maximum atomic E-state index is 12.7. The maximum Gasteiger partial charge on any atom is 0.337 e. The second-order valence-corrected chi connectivity index (χ2v) is 4.86. The number of aryl methyl sites for hydroxylation is 1. The van der Waals surface area contributed by atoms with Gasteiger partial charge in [0.1, 0.15) is 0 Å². The summed E-state index contributed by atoms with van der Waals surface area (Å²) in [5.74, 6) is 0. The molecular formula is C16H16N4O2. The fraction of sp³-hybridized carbons (Fsp3) is 0.188. The molecule has 0 aliphatic heterocycles. The molecule has 112 valence electrons. The monoisotopic (exact) mass is 296 g/mol. The van der Waals surface area contributed by atoms with Crippen molar-refractivity contribution in [2.45, 2.75) is 20.0 Å². The van der Waals surface area contributed by atoms with Crippen molar-refractivity contribution < 1.29 is 0 Å². The molecular weight excluding hydrogens is 280 g/mol. The standard InChI is InChI=1S/C16H16N4O2/c1-3-10-19-15(21)13-14(17-11-18(13)4-2)20(16(19)22)12-8-6-5-7-9-12/h3,5-9,11H,1,4,10H2,2H3. The van der Waals surface area contributed by atoms with E-state index in [9.17, 15) is 9.59 Å². The van der Waals surface area contributed by atoms with Gasteiger partial charge < -0.3 is 4.57 Å². The van der Waals surface area contributed by atoms with Gasteiger partial charge in [0.15, 0.2) is 11.2 Å². The smallest absolute Gasteiger partial charge is 0.325 e. The number of benzene rings is 1. The largest absolute Gasteiger partial charge is 0.337 e. The van der Waals surface area contributed by atoms with Crippen LogP contribution in [0.4, 0.5) is 0 Å². The Balaban J connectivity index is 2.51. The first kappa shape index (κ1) is 14.1. The van der Waals surface area contributed by atoms with E-state index in [1.807, 2.05) is 37.3 Å². The SMILES string of the molecule is C=CCn1c(=O)c2c(ncn2CC)n(-c2ccccc2)c1=O. The normalized spacial score (nSPS) is 11.0. The molecule has 0 saturated heterocycles. The molecule has 0 radical (unpaired) electrons. The summed E-state index contributed by atoms with van der Waals surface area (Å²) in [5.41, 5.74) is 0.726. The van der Waals surface area contributed by atoms with Crippen LogP contribution < -0.4 is 11.2 Å². The van der Waals surface area contributed by atoms with Crippen LogP contribution in [0.2, 0.25) is 0 Å². The van der Waals surface area contributed by atoms with Crippen LogP contribution in [0.5, 0.6) is 0 Å². The second kappa shape index (κ2) is 5.48. The highest BCUT2D eigenvalue weighted by Crippen LogP contribution is 2.12. The van der Waals surface area contributed by atoms with Crippen molar-refractivity contribution in [2.75, 3.05) is 0 Å². The van der Waals surface area contributed by atoms with Crippen molar-refractivity contribution in [1.82, 2.24) is 18.7 Å². The van der Waals surface area contributed by atoms with Crippen LogP contribution in [0.25, 0.3) is 16.9 Å². The third kappa shape index (κ3) is 2.00. The number of para-hydroxylation sites is 1. The minimum absolute atomic E-state index is 0.162. The lowest BCUT2D eigenvalue weighted by atomic mass is 10.3. The number of fused-ring (bicyclic) bond motifs is 1. The molecule has 0 bridgehead atoms. The van der Waals surface area contributed by atoms with Gasteiger partial charge in [-0.05, 0) is 19.1 Å². The first-order valence-electron chi connectivity index (χ1n) is 7.06. The van der Waals surface area contributed by atoms with E-state index in [1.54, 1.807) is 10.9 Å². The Morgan fingerprint density at radius 2 is 1.95 bits per heavy atom. The second-order valence-electron chi connectivity index (χ2n) is 4.86. The Kier molecular flexibility index (Phi) is 3.50. The van der Waals surface area contributed by atoms with Crippen molar-refractivity contribution in [1.29, 1.82) is 0 Å². The van der Waals surface area contributed by atoms with Crippen molar-refractivity contribution in [3.8, 4) is 5.69 Å². The van der Waals surface area contributed by atoms with E-state index in [0.717, 1.165) is 0 Å². The number of nitrogens with zero attached hydrogens (tertiary/aromatic N) is 4. The van der Waals surface area contributed by atoms with E-state index in [4.69, 9.17) is 0 Å². The first-order valence-corrected chi connectivity index (χ1v) is 7.06. The molecule has 0 amide bonds. The Morgan fingerprint density at radius 3 is 2.59 bits per heavy atom. The van der Waals surface area contributed by atoms with Crippen LogP contribution in [0.15, 0.2) is 58.9 Å². The molecule has 0 spiro atoms. The Hall–Kier alpha value is -2.89. The summed E-state index contributed by atoms with van der Waals surface area (Å²) in [6.45, 7) is 6.31. The summed E-state index contributed by atoms with van der Waals surface area (Å²) in [5, 5.41) is 0. The predicted octanol–water partition coefficient (Wildman–Crippen LogP) is 1.55. The third-order valence-electron chi connectivity index (χ3n) is 3.57. The van der Waals surface area contributed by atoms with Gasteiger partial charge in [0, 0.05) is 13.1 Å². The maximum absolute atomic E-state index is 12.7. The van der Waals surface area contributed by atoms with Gasteiger partial charge in [-0.3, -0.25) is 9.36 Å². The van der Waals surface area contributed by atoms with Gasteiger partial charge in [-0.25, -0.2) is 14.3 Å². The van der Waals surface area contributed by atoms with Crippen LogP contribution in [0.1, 0.15) is 6.92 Å². The van der Waals surface area contributed by atoms with Gasteiger partial charge in [0.05, 0.1) is 12.0 Å². The zero-order valence-corrected chi connectivity index (χ0v) is 12.3. The summed E-state index contributed by atoms with van der Waals surface area (Å²) in [7, 11) is 0. The highest BCUT2D eigenvalue weighted by molar-refractivity contribution is 5.72. The Labute approximate surface area is 126 Å². The zero-order chi connectivity index (χ0) is 15.7. The molecule has 22 heavy (non-hydrogen) atoms. The molecule has 0 atom stereocenters.